The first-order valence-corrected chi connectivity index (χ1v) is 6.28. The number of amides is 1. The minimum atomic E-state index is -0.488. The van der Waals surface area contributed by atoms with E-state index in [-0.39, 0.29) is 18.1 Å². The van der Waals surface area contributed by atoms with Gasteiger partial charge in [0, 0.05) is 11.8 Å². The fourth-order valence-electron chi connectivity index (χ4n) is 1.32. The van der Waals surface area contributed by atoms with Crippen LogP contribution in [0, 0.1) is 10.1 Å². The van der Waals surface area contributed by atoms with E-state index in [0.717, 1.165) is 13.0 Å². The van der Waals surface area contributed by atoms with Gasteiger partial charge in [-0.1, -0.05) is 6.92 Å². The number of rotatable bonds is 6. The molecule has 0 fully saturated rings. The molecule has 2 N–H and O–H groups in total. The Morgan fingerprint density at radius 1 is 1.50 bits per heavy atom. The second-order valence-electron chi connectivity index (χ2n) is 3.65. The van der Waals surface area contributed by atoms with Crippen molar-refractivity contribution in [2.24, 2.45) is 0 Å². The highest BCUT2D eigenvalue weighted by Crippen LogP contribution is 2.27. The van der Waals surface area contributed by atoms with Crippen LogP contribution in [0.2, 0.25) is 0 Å². The number of halogens is 1. The van der Waals surface area contributed by atoms with E-state index in [1.807, 2.05) is 6.92 Å². The Labute approximate surface area is 113 Å². The summed E-state index contributed by atoms with van der Waals surface area (Å²) in [5.74, 6) is -0.177. The van der Waals surface area contributed by atoms with Gasteiger partial charge in [-0.3, -0.25) is 14.9 Å². The van der Waals surface area contributed by atoms with E-state index in [0.29, 0.717) is 10.2 Å². The Hall–Kier alpha value is -1.47. The van der Waals surface area contributed by atoms with Gasteiger partial charge < -0.3 is 10.6 Å². The Morgan fingerprint density at radius 2 is 2.22 bits per heavy atom. The third-order valence-electron chi connectivity index (χ3n) is 2.14. The third-order valence-corrected chi connectivity index (χ3v) is 2.78. The average Bonchev–Trinajstić information content (AvgIpc) is 2.28. The van der Waals surface area contributed by atoms with Crippen molar-refractivity contribution in [1.82, 2.24) is 5.32 Å². The van der Waals surface area contributed by atoms with Crippen molar-refractivity contribution < 1.29 is 9.72 Å². The van der Waals surface area contributed by atoms with Crippen LogP contribution < -0.4 is 10.6 Å². The van der Waals surface area contributed by atoms with Crippen LogP contribution in [0.4, 0.5) is 11.4 Å². The van der Waals surface area contributed by atoms with Crippen LogP contribution in [-0.4, -0.2) is 23.9 Å². The number of nitrogens with zero attached hydrogens (tertiary/aromatic N) is 1. The second-order valence-corrected chi connectivity index (χ2v) is 4.50. The lowest BCUT2D eigenvalue weighted by Crippen LogP contribution is -2.28. The molecule has 0 aromatic heterocycles. The minimum Gasteiger partial charge on any atom is -0.325 e. The molecule has 1 aromatic rings. The SMILES string of the molecule is CCCNCC(=O)Nc1ccc([N+](=O)[O-])c(Br)c1. The molecule has 0 saturated carbocycles. The lowest BCUT2D eigenvalue weighted by atomic mass is 10.3. The molecule has 1 amide bonds. The second kappa shape index (κ2) is 7.07. The molecule has 18 heavy (non-hydrogen) atoms. The van der Waals surface area contributed by atoms with Crippen molar-refractivity contribution in [2.45, 2.75) is 13.3 Å². The van der Waals surface area contributed by atoms with Gasteiger partial charge in [0.05, 0.1) is 15.9 Å². The Kier molecular flexibility index (Phi) is 5.73. The van der Waals surface area contributed by atoms with Gasteiger partial charge in [-0.05, 0) is 41.0 Å². The molecule has 0 aliphatic rings. The van der Waals surface area contributed by atoms with Gasteiger partial charge >= 0.3 is 0 Å². The van der Waals surface area contributed by atoms with Gasteiger partial charge in [0.25, 0.3) is 5.69 Å². The van der Waals surface area contributed by atoms with Gasteiger partial charge in [0.15, 0.2) is 0 Å². The van der Waals surface area contributed by atoms with E-state index >= 15 is 0 Å². The van der Waals surface area contributed by atoms with Crippen molar-refractivity contribution in [3.63, 3.8) is 0 Å². The lowest BCUT2D eigenvalue weighted by molar-refractivity contribution is -0.385. The fraction of sp³-hybridized carbons (Fsp3) is 0.364. The molecule has 0 radical (unpaired) electrons. The number of carbonyl (C=O) groups is 1. The molecule has 6 nitrogen and oxygen atoms in total. The summed E-state index contributed by atoms with van der Waals surface area (Å²) in [5.41, 5.74) is 0.493. The predicted octanol–water partition coefficient (Wildman–Crippen LogP) is 2.30. The number of nitro benzene ring substituents is 1. The monoisotopic (exact) mass is 315 g/mol. The average molecular weight is 316 g/mol. The highest BCUT2D eigenvalue weighted by atomic mass is 79.9. The number of anilines is 1. The van der Waals surface area contributed by atoms with Crippen molar-refractivity contribution in [2.75, 3.05) is 18.4 Å². The van der Waals surface area contributed by atoms with E-state index in [2.05, 4.69) is 26.6 Å². The molecule has 0 heterocycles. The van der Waals surface area contributed by atoms with E-state index < -0.39 is 4.92 Å². The molecule has 0 saturated heterocycles. The highest BCUT2D eigenvalue weighted by Gasteiger charge is 2.12. The third kappa shape index (κ3) is 4.42. The largest absolute Gasteiger partial charge is 0.325 e. The van der Waals surface area contributed by atoms with Crippen LogP contribution in [0.1, 0.15) is 13.3 Å². The number of hydrogen-bond donors (Lipinski definition) is 2. The summed E-state index contributed by atoms with van der Waals surface area (Å²) in [6.45, 7) is 3.01. The maximum absolute atomic E-state index is 11.5. The van der Waals surface area contributed by atoms with Gasteiger partial charge in [0.2, 0.25) is 5.91 Å². The van der Waals surface area contributed by atoms with Gasteiger partial charge in [0.1, 0.15) is 0 Å². The van der Waals surface area contributed by atoms with Crippen molar-refractivity contribution >= 4 is 33.2 Å². The van der Waals surface area contributed by atoms with Crippen LogP contribution in [0.25, 0.3) is 0 Å². The molecule has 0 spiro atoms. The summed E-state index contributed by atoms with van der Waals surface area (Å²) in [7, 11) is 0. The highest BCUT2D eigenvalue weighted by molar-refractivity contribution is 9.10. The molecule has 0 atom stereocenters. The van der Waals surface area contributed by atoms with Gasteiger partial charge in [-0.25, -0.2) is 0 Å². The van der Waals surface area contributed by atoms with E-state index in [9.17, 15) is 14.9 Å². The molecule has 0 aliphatic carbocycles. The Morgan fingerprint density at radius 3 is 2.78 bits per heavy atom. The van der Waals surface area contributed by atoms with E-state index in [1.165, 1.54) is 18.2 Å². The zero-order chi connectivity index (χ0) is 13.5. The number of nitrogens with one attached hydrogen (secondary N) is 2. The van der Waals surface area contributed by atoms with Crippen molar-refractivity contribution in [3.8, 4) is 0 Å². The normalized spacial score (nSPS) is 10.1. The molecular formula is C11H14BrN3O3. The van der Waals surface area contributed by atoms with Crippen LogP contribution >= 0.6 is 15.9 Å². The number of benzene rings is 1. The summed E-state index contributed by atoms with van der Waals surface area (Å²) in [6, 6.07) is 4.36. The molecular weight excluding hydrogens is 302 g/mol. The molecule has 7 heteroatoms. The van der Waals surface area contributed by atoms with Gasteiger partial charge in [-0.2, -0.15) is 0 Å². The quantitative estimate of drug-likeness (QED) is 0.479. The van der Waals surface area contributed by atoms with Crippen LogP contribution in [0.5, 0.6) is 0 Å². The van der Waals surface area contributed by atoms with Crippen molar-refractivity contribution in [3.05, 3.63) is 32.8 Å². The Balaban J connectivity index is 2.60. The molecule has 98 valence electrons. The number of nitro groups is 1. The zero-order valence-electron chi connectivity index (χ0n) is 9.90. The first-order valence-electron chi connectivity index (χ1n) is 5.49. The molecule has 1 aromatic carbocycles. The molecule has 0 bridgehead atoms. The van der Waals surface area contributed by atoms with Crippen LogP contribution in [0.3, 0.4) is 0 Å². The van der Waals surface area contributed by atoms with Gasteiger partial charge in [-0.15, -0.1) is 0 Å². The van der Waals surface area contributed by atoms with E-state index in [4.69, 9.17) is 0 Å². The first kappa shape index (κ1) is 14.6. The summed E-state index contributed by atoms with van der Waals surface area (Å²) in [6.07, 6.45) is 0.955. The smallest absolute Gasteiger partial charge is 0.283 e. The number of carbonyl (C=O) groups excluding carboxylic acids is 1. The Bertz CT molecular complexity index is 451. The van der Waals surface area contributed by atoms with E-state index in [1.54, 1.807) is 0 Å². The molecule has 0 unspecified atom stereocenters. The maximum atomic E-state index is 11.5. The summed E-state index contributed by atoms with van der Waals surface area (Å²) in [5, 5.41) is 16.2. The number of hydrogen-bond acceptors (Lipinski definition) is 4. The zero-order valence-corrected chi connectivity index (χ0v) is 11.5. The van der Waals surface area contributed by atoms with Crippen LogP contribution in [0.15, 0.2) is 22.7 Å². The maximum Gasteiger partial charge on any atom is 0.283 e. The summed E-state index contributed by atoms with van der Waals surface area (Å²) >= 11 is 3.09. The fourth-order valence-corrected chi connectivity index (χ4v) is 1.84. The van der Waals surface area contributed by atoms with Crippen LogP contribution in [-0.2, 0) is 4.79 Å². The summed E-state index contributed by atoms with van der Waals surface area (Å²) in [4.78, 5) is 21.6. The predicted molar refractivity (Wildman–Crippen MR) is 72.6 cm³/mol. The standard InChI is InChI=1S/C11H14BrN3O3/c1-2-5-13-7-11(16)14-8-3-4-10(15(17)18)9(12)6-8/h3-4,6,13H,2,5,7H2,1H3,(H,14,16). The topological polar surface area (TPSA) is 84.3 Å². The summed E-state index contributed by atoms with van der Waals surface area (Å²) < 4.78 is 0.340. The van der Waals surface area contributed by atoms with Crippen molar-refractivity contribution in [1.29, 1.82) is 0 Å². The minimum absolute atomic E-state index is 0.0305. The lowest BCUT2D eigenvalue weighted by Gasteiger charge is -2.06. The molecule has 0 aliphatic heterocycles. The molecule has 1 rings (SSSR count). The first-order chi connectivity index (χ1) is 8.54.